The number of amides is 1. The summed E-state index contributed by atoms with van der Waals surface area (Å²) in [4.78, 5) is 39.4. The molecule has 0 aliphatic heterocycles. The van der Waals surface area contributed by atoms with Crippen LogP contribution in [0, 0.1) is 0 Å². The maximum atomic E-state index is 12.6. The lowest BCUT2D eigenvalue weighted by Crippen LogP contribution is -2.32. The van der Waals surface area contributed by atoms with Gasteiger partial charge in [-0.05, 0) is 52.6 Å². The predicted octanol–water partition coefficient (Wildman–Crippen LogP) is 15.4. The number of carbonyl (C=O) groups is 3. The van der Waals surface area contributed by atoms with E-state index < -0.39 is 6.09 Å². The Balaban J connectivity index is 4.08. The Morgan fingerprint density at radius 2 is 0.730 bits per heavy atom. The molecule has 0 fully saturated rings. The summed E-state index contributed by atoms with van der Waals surface area (Å²) in [5.74, 6) is -0.293. The molecule has 9 heteroatoms. The van der Waals surface area contributed by atoms with E-state index in [1.807, 2.05) is 19.0 Å². The molecule has 0 saturated carbocycles. The molecular weight excluding hydrogens is 789 g/mol. The number of esters is 2. The van der Waals surface area contributed by atoms with Crippen LogP contribution in [0.3, 0.4) is 0 Å². The SMILES string of the molecule is CCCCCCCCCCCCCCCCCCCC(=O)OCCCC(CCCOC(=O)CCCCCCCCCCCCCCCCCCC)OC(=O)NCCOCCN(C)C. The zero-order valence-electron chi connectivity index (χ0n) is 42.4. The van der Waals surface area contributed by atoms with Gasteiger partial charge in [0.1, 0.15) is 6.10 Å². The average Bonchev–Trinajstić information content (AvgIpc) is 3.27. The molecule has 0 spiro atoms. The van der Waals surface area contributed by atoms with E-state index in [1.54, 1.807) is 0 Å². The fourth-order valence-corrected chi connectivity index (χ4v) is 8.16. The van der Waals surface area contributed by atoms with E-state index in [-0.39, 0.29) is 18.0 Å². The standard InChI is InChI=1S/C54H106N2O7/c1-5-7-9-11-13-15-17-19-21-23-25-27-29-31-33-35-37-43-52(57)61-47-39-41-51(63-54(59)55-45-49-60-50-46-56(3)4)42-40-48-62-53(58)44-38-36-34-32-30-28-26-24-22-20-18-16-14-12-10-8-6-2/h51H,5-50H2,1-4H3,(H,55,59). The van der Waals surface area contributed by atoms with Crippen LogP contribution in [0.4, 0.5) is 4.79 Å². The van der Waals surface area contributed by atoms with Crippen molar-refractivity contribution in [3.63, 3.8) is 0 Å². The first-order valence-corrected chi connectivity index (χ1v) is 27.4. The number of unbranched alkanes of at least 4 members (excludes halogenated alkanes) is 32. The molecule has 0 atom stereocenters. The first-order valence-electron chi connectivity index (χ1n) is 27.4. The Morgan fingerprint density at radius 3 is 1.05 bits per heavy atom. The molecule has 63 heavy (non-hydrogen) atoms. The van der Waals surface area contributed by atoms with Crippen molar-refractivity contribution in [1.82, 2.24) is 10.2 Å². The number of hydrogen-bond donors (Lipinski definition) is 1. The van der Waals surface area contributed by atoms with Crippen LogP contribution in [0.5, 0.6) is 0 Å². The van der Waals surface area contributed by atoms with Crippen molar-refractivity contribution in [3.8, 4) is 0 Å². The van der Waals surface area contributed by atoms with Gasteiger partial charge in [0.05, 0.1) is 26.4 Å². The Morgan fingerprint density at radius 1 is 0.413 bits per heavy atom. The van der Waals surface area contributed by atoms with Crippen molar-refractivity contribution >= 4 is 18.0 Å². The number of carbonyl (C=O) groups excluding carboxylic acids is 3. The number of nitrogens with zero attached hydrogens (tertiary/aromatic N) is 1. The van der Waals surface area contributed by atoms with Gasteiger partial charge in [-0.15, -0.1) is 0 Å². The van der Waals surface area contributed by atoms with Gasteiger partial charge < -0.3 is 29.2 Å². The smallest absolute Gasteiger partial charge is 0.407 e. The van der Waals surface area contributed by atoms with Crippen LogP contribution in [0.25, 0.3) is 0 Å². The summed E-state index contributed by atoms with van der Waals surface area (Å²) in [6.07, 6.45) is 47.2. The first-order chi connectivity index (χ1) is 30.9. The monoisotopic (exact) mass is 895 g/mol. The van der Waals surface area contributed by atoms with Crippen molar-refractivity contribution in [2.45, 2.75) is 277 Å². The molecule has 0 radical (unpaired) electrons. The maximum absolute atomic E-state index is 12.6. The highest BCUT2D eigenvalue weighted by atomic mass is 16.6. The van der Waals surface area contributed by atoms with Gasteiger partial charge in [0.25, 0.3) is 0 Å². The lowest BCUT2D eigenvalue weighted by atomic mass is 10.0. The second-order valence-corrected chi connectivity index (χ2v) is 18.9. The van der Waals surface area contributed by atoms with Crippen molar-refractivity contribution in [2.24, 2.45) is 0 Å². The second kappa shape index (κ2) is 51.1. The minimum atomic E-state index is -0.484. The summed E-state index contributed by atoms with van der Waals surface area (Å²) in [7, 11) is 3.98. The summed E-state index contributed by atoms with van der Waals surface area (Å²) in [6.45, 7) is 7.39. The molecule has 0 saturated heterocycles. The highest BCUT2D eigenvalue weighted by Crippen LogP contribution is 2.17. The van der Waals surface area contributed by atoms with Crippen LogP contribution in [0.1, 0.15) is 271 Å². The van der Waals surface area contributed by atoms with Crippen LogP contribution < -0.4 is 5.32 Å². The van der Waals surface area contributed by atoms with Crippen LogP contribution in [-0.4, -0.2) is 82.6 Å². The third-order valence-electron chi connectivity index (χ3n) is 12.3. The molecule has 0 aliphatic carbocycles. The Labute approximate surface area is 390 Å². The largest absolute Gasteiger partial charge is 0.466 e. The minimum absolute atomic E-state index is 0.146. The molecule has 374 valence electrons. The molecule has 1 amide bonds. The molecule has 0 aliphatic rings. The molecule has 0 heterocycles. The Bertz CT molecular complexity index is 906. The predicted molar refractivity (Wildman–Crippen MR) is 266 cm³/mol. The quantitative estimate of drug-likeness (QED) is 0.0366. The second-order valence-electron chi connectivity index (χ2n) is 18.9. The molecule has 0 aromatic heterocycles. The van der Waals surface area contributed by atoms with Gasteiger partial charge in [-0.2, -0.15) is 0 Å². The summed E-state index contributed by atoms with van der Waals surface area (Å²) in [6, 6.07) is 0. The highest BCUT2D eigenvalue weighted by Gasteiger charge is 2.16. The van der Waals surface area contributed by atoms with Crippen molar-refractivity contribution in [3.05, 3.63) is 0 Å². The lowest BCUT2D eigenvalue weighted by Gasteiger charge is -2.18. The van der Waals surface area contributed by atoms with Crippen LogP contribution in [0.15, 0.2) is 0 Å². The van der Waals surface area contributed by atoms with Crippen LogP contribution >= 0.6 is 0 Å². The van der Waals surface area contributed by atoms with Gasteiger partial charge in [-0.3, -0.25) is 9.59 Å². The molecule has 9 nitrogen and oxygen atoms in total. The van der Waals surface area contributed by atoms with E-state index in [2.05, 4.69) is 19.2 Å². The molecule has 0 unspecified atom stereocenters. The van der Waals surface area contributed by atoms with E-state index >= 15 is 0 Å². The topological polar surface area (TPSA) is 103 Å². The summed E-state index contributed by atoms with van der Waals surface area (Å²) in [5, 5.41) is 2.78. The van der Waals surface area contributed by atoms with Gasteiger partial charge in [0.2, 0.25) is 0 Å². The molecule has 0 rings (SSSR count). The summed E-state index contributed by atoms with van der Waals surface area (Å²) in [5.41, 5.74) is 0. The van der Waals surface area contributed by atoms with Gasteiger partial charge >= 0.3 is 18.0 Å². The van der Waals surface area contributed by atoms with Gasteiger partial charge in [-0.1, -0.05) is 219 Å². The fraction of sp³-hybridized carbons (Fsp3) is 0.944. The van der Waals surface area contributed by atoms with E-state index in [4.69, 9.17) is 18.9 Å². The van der Waals surface area contributed by atoms with Crippen molar-refractivity contribution in [2.75, 3.05) is 53.6 Å². The Hall–Kier alpha value is -1.87. The number of likely N-dealkylation sites (N-methyl/N-ethyl adjacent to an activating group) is 1. The normalized spacial score (nSPS) is 11.5. The number of alkyl carbamates (subject to hydrolysis) is 1. The summed E-state index contributed by atoms with van der Waals surface area (Å²) < 4.78 is 22.4. The van der Waals surface area contributed by atoms with Crippen molar-refractivity contribution < 1.29 is 33.3 Å². The average molecular weight is 895 g/mol. The van der Waals surface area contributed by atoms with E-state index in [0.717, 1.165) is 32.2 Å². The molecule has 0 aromatic rings. The van der Waals surface area contributed by atoms with E-state index in [1.165, 1.54) is 193 Å². The van der Waals surface area contributed by atoms with E-state index in [0.29, 0.717) is 71.5 Å². The number of hydrogen-bond acceptors (Lipinski definition) is 8. The third kappa shape index (κ3) is 51.0. The molecular formula is C54H106N2O7. The van der Waals surface area contributed by atoms with Crippen molar-refractivity contribution in [1.29, 1.82) is 0 Å². The number of ether oxygens (including phenoxy) is 4. The third-order valence-corrected chi connectivity index (χ3v) is 12.3. The van der Waals surface area contributed by atoms with E-state index in [9.17, 15) is 14.4 Å². The Kier molecular flexibility index (Phi) is 49.6. The van der Waals surface area contributed by atoms with Gasteiger partial charge in [0, 0.05) is 25.9 Å². The lowest BCUT2D eigenvalue weighted by molar-refractivity contribution is -0.144. The van der Waals surface area contributed by atoms with Gasteiger partial charge in [-0.25, -0.2) is 4.79 Å². The molecule has 0 bridgehead atoms. The van der Waals surface area contributed by atoms with Crippen LogP contribution in [-0.2, 0) is 28.5 Å². The molecule has 0 aromatic carbocycles. The summed E-state index contributed by atoms with van der Waals surface area (Å²) >= 11 is 0. The van der Waals surface area contributed by atoms with Crippen LogP contribution in [0.2, 0.25) is 0 Å². The van der Waals surface area contributed by atoms with Gasteiger partial charge in [0.15, 0.2) is 0 Å². The fourth-order valence-electron chi connectivity index (χ4n) is 8.16. The molecule has 1 N–H and O–H groups in total. The minimum Gasteiger partial charge on any atom is -0.466 e. The zero-order chi connectivity index (χ0) is 45.9. The highest BCUT2D eigenvalue weighted by molar-refractivity contribution is 5.69. The number of rotatable bonds is 51. The maximum Gasteiger partial charge on any atom is 0.407 e. The number of nitrogens with one attached hydrogen (secondary N) is 1. The first kappa shape index (κ1) is 61.1. The zero-order valence-corrected chi connectivity index (χ0v) is 42.4.